The number of anilines is 1. The number of aryl methyl sites for hydroxylation is 1. The molecule has 0 bridgehead atoms. The average molecular weight is 270 g/mol. The maximum Gasteiger partial charge on any atom is 0.207 e. The summed E-state index contributed by atoms with van der Waals surface area (Å²) < 4.78 is 1.91. The van der Waals surface area contributed by atoms with Gasteiger partial charge in [0, 0.05) is 12.7 Å². The molecule has 0 radical (unpaired) electrons. The van der Waals surface area contributed by atoms with E-state index in [-0.39, 0.29) is 0 Å². The number of halogens is 2. The largest absolute Gasteiger partial charge is 0.356 e. The SMILES string of the molecule is CCNc1nc(C)cn1-c1cccc(Cl)c1Cl. The van der Waals surface area contributed by atoms with Crippen LogP contribution in [0.4, 0.5) is 5.95 Å². The van der Waals surface area contributed by atoms with E-state index in [4.69, 9.17) is 23.2 Å². The van der Waals surface area contributed by atoms with Crippen molar-refractivity contribution in [3.63, 3.8) is 0 Å². The van der Waals surface area contributed by atoms with Crippen LogP contribution in [0.15, 0.2) is 24.4 Å². The molecule has 0 atom stereocenters. The maximum atomic E-state index is 6.20. The predicted octanol–water partition coefficient (Wildman–Crippen LogP) is 3.92. The van der Waals surface area contributed by atoms with Crippen LogP contribution in [0.5, 0.6) is 0 Å². The summed E-state index contributed by atoms with van der Waals surface area (Å²) in [5.41, 5.74) is 1.76. The van der Waals surface area contributed by atoms with Gasteiger partial charge in [0.25, 0.3) is 0 Å². The third-order valence-electron chi connectivity index (χ3n) is 2.35. The molecule has 3 nitrogen and oxygen atoms in total. The van der Waals surface area contributed by atoms with Gasteiger partial charge in [-0.2, -0.15) is 0 Å². The number of aromatic nitrogens is 2. The summed E-state index contributed by atoms with van der Waals surface area (Å²) in [6.07, 6.45) is 1.93. The van der Waals surface area contributed by atoms with Crippen LogP contribution in [0.25, 0.3) is 5.69 Å². The molecule has 17 heavy (non-hydrogen) atoms. The molecule has 0 saturated heterocycles. The van der Waals surface area contributed by atoms with Crippen LogP contribution in [-0.4, -0.2) is 16.1 Å². The van der Waals surface area contributed by atoms with E-state index in [0.717, 1.165) is 23.9 Å². The zero-order valence-corrected chi connectivity index (χ0v) is 11.2. The first-order valence-corrected chi connectivity index (χ1v) is 6.13. The van der Waals surface area contributed by atoms with E-state index < -0.39 is 0 Å². The quantitative estimate of drug-likeness (QED) is 0.916. The molecule has 1 heterocycles. The topological polar surface area (TPSA) is 29.9 Å². The Hall–Kier alpha value is -1.19. The van der Waals surface area contributed by atoms with Gasteiger partial charge in [0.05, 0.1) is 21.4 Å². The van der Waals surface area contributed by atoms with Crippen molar-refractivity contribution in [2.24, 2.45) is 0 Å². The number of imidazole rings is 1. The van der Waals surface area contributed by atoms with Gasteiger partial charge in [0.15, 0.2) is 0 Å². The van der Waals surface area contributed by atoms with Crippen LogP contribution in [0, 0.1) is 6.92 Å². The van der Waals surface area contributed by atoms with Crippen molar-refractivity contribution in [3.05, 3.63) is 40.1 Å². The van der Waals surface area contributed by atoms with Gasteiger partial charge < -0.3 is 5.32 Å². The normalized spacial score (nSPS) is 10.6. The van der Waals surface area contributed by atoms with Crippen LogP contribution < -0.4 is 5.32 Å². The third-order valence-corrected chi connectivity index (χ3v) is 3.16. The molecule has 90 valence electrons. The second kappa shape index (κ2) is 4.98. The molecule has 1 N–H and O–H groups in total. The molecule has 1 aromatic carbocycles. The summed E-state index contributed by atoms with van der Waals surface area (Å²) >= 11 is 12.2. The van der Waals surface area contributed by atoms with Gasteiger partial charge in [0.2, 0.25) is 5.95 Å². The van der Waals surface area contributed by atoms with E-state index in [2.05, 4.69) is 10.3 Å². The number of nitrogens with one attached hydrogen (secondary N) is 1. The van der Waals surface area contributed by atoms with Gasteiger partial charge in [-0.15, -0.1) is 0 Å². The third kappa shape index (κ3) is 2.40. The van der Waals surface area contributed by atoms with E-state index in [9.17, 15) is 0 Å². The number of hydrogen-bond donors (Lipinski definition) is 1. The number of hydrogen-bond acceptors (Lipinski definition) is 2. The van der Waals surface area contributed by atoms with Crippen molar-refractivity contribution >= 4 is 29.2 Å². The highest BCUT2D eigenvalue weighted by atomic mass is 35.5. The Morgan fingerprint density at radius 3 is 2.82 bits per heavy atom. The van der Waals surface area contributed by atoms with Gasteiger partial charge >= 0.3 is 0 Å². The maximum absolute atomic E-state index is 6.20. The molecule has 0 aliphatic rings. The smallest absolute Gasteiger partial charge is 0.207 e. The van der Waals surface area contributed by atoms with Gasteiger partial charge in [-0.05, 0) is 26.0 Å². The Balaban J connectivity index is 2.55. The Labute approximate surface area is 110 Å². The Morgan fingerprint density at radius 2 is 2.12 bits per heavy atom. The van der Waals surface area contributed by atoms with Gasteiger partial charge in [-0.3, -0.25) is 4.57 Å². The van der Waals surface area contributed by atoms with E-state index >= 15 is 0 Å². The molecule has 0 unspecified atom stereocenters. The van der Waals surface area contributed by atoms with Crippen LogP contribution in [0.1, 0.15) is 12.6 Å². The molecular weight excluding hydrogens is 257 g/mol. The fourth-order valence-electron chi connectivity index (χ4n) is 1.64. The molecule has 0 saturated carbocycles. The predicted molar refractivity (Wildman–Crippen MR) is 72.5 cm³/mol. The van der Waals surface area contributed by atoms with Crippen molar-refractivity contribution in [3.8, 4) is 5.69 Å². The first-order chi connectivity index (χ1) is 8.13. The minimum Gasteiger partial charge on any atom is -0.356 e. The van der Waals surface area contributed by atoms with Crippen molar-refractivity contribution < 1.29 is 0 Å². The Bertz CT molecular complexity index is 535. The Morgan fingerprint density at radius 1 is 1.35 bits per heavy atom. The van der Waals surface area contributed by atoms with Crippen molar-refractivity contribution in [2.45, 2.75) is 13.8 Å². The van der Waals surface area contributed by atoms with Gasteiger partial charge in [-0.25, -0.2) is 4.98 Å². The molecule has 2 rings (SSSR count). The highest BCUT2D eigenvalue weighted by Gasteiger charge is 2.11. The molecule has 0 fully saturated rings. The molecule has 2 aromatic rings. The summed E-state index contributed by atoms with van der Waals surface area (Å²) in [5, 5.41) is 4.27. The van der Waals surface area contributed by atoms with Crippen molar-refractivity contribution in [1.29, 1.82) is 0 Å². The van der Waals surface area contributed by atoms with E-state index in [1.165, 1.54) is 0 Å². The Kier molecular flexibility index (Phi) is 3.60. The van der Waals surface area contributed by atoms with Crippen molar-refractivity contribution in [1.82, 2.24) is 9.55 Å². The number of nitrogens with zero attached hydrogens (tertiary/aromatic N) is 2. The molecule has 0 aliphatic heterocycles. The fourth-order valence-corrected chi connectivity index (χ4v) is 2.03. The molecule has 0 amide bonds. The van der Waals surface area contributed by atoms with Crippen LogP contribution in [0.2, 0.25) is 10.0 Å². The zero-order chi connectivity index (χ0) is 12.4. The second-order valence-corrected chi connectivity index (χ2v) is 4.46. The molecule has 0 aliphatic carbocycles. The highest BCUT2D eigenvalue weighted by Crippen LogP contribution is 2.30. The summed E-state index contributed by atoms with van der Waals surface area (Å²) in [6, 6.07) is 5.55. The lowest BCUT2D eigenvalue weighted by Crippen LogP contribution is -2.05. The summed E-state index contributed by atoms with van der Waals surface area (Å²) in [6.45, 7) is 4.76. The second-order valence-electron chi connectivity index (χ2n) is 3.68. The van der Waals surface area contributed by atoms with E-state index in [0.29, 0.717) is 10.0 Å². The van der Waals surface area contributed by atoms with Crippen molar-refractivity contribution in [2.75, 3.05) is 11.9 Å². The summed E-state index contributed by atoms with van der Waals surface area (Å²) in [7, 11) is 0. The fraction of sp³-hybridized carbons (Fsp3) is 0.250. The summed E-state index contributed by atoms with van der Waals surface area (Å²) in [4.78, 5) is 4.40. The van der Waals surface area contributed by atoms with Crippen LogP contribution in [0.3, 0.4) is 0 Å². The van der Waals surface area contributed by atoms with Gasteiger partial charge in [-0.1, -0.05) is 29.3 Å². The lowest BCUT2D eigenvalue weighted by atomic mass is 10.3. The van der Waals surface area contributed by atoms with Crippen LogP contribution in [-0.2, 0) is 0 Å². The summed E-state index contributed by atoms with van der Waals surface area (Å²) in [5.74, 6) is 0.772. The molecule has 5 heteroatoms. The number of benzene rings is 1. The van der Waals surface area contributed by atoms with E-state index in [1.807, 2.05) is 36.7 Å². The van der Waals surface area contributed by atoms with Crippen LogP contribution >= 0.6 is 23.2 Å². The minimum atomic E-state index is 0.533. The molecular formula is C12H13Cl2N3. The average Bonchev–Trinajstić information content (AvgIpc) is 2.64. The monoisotopic (exact) mass is 269 g/mol. The van der Waals surface area contributed by atoms with E-state index in [1.54, 1.807) is 6.07 Å². The first-order valence-electron chi connectivity index (χ1n) is 5.37. The lowest BCUT2D eigenvalue weighted by Gasteiger charge is -2.10. The zero-order valence-electron chi connectivity index (χ0n) is 9.67. The highest BCUT2D eigenvalue weighted by molar-refractivity contribution is 6.43. The minimum absolute atomic E-state index is 0.533. The molecule has 1 aromatic heterocycles. The standard InChI is InChI=1S/C12H13Cl2N3/c1-3-15-12-16-8(2)7-17(12)10-6-4-5-9(13)11(10)14/h4-7H,3H2,1-2H3,(H,15,16). The number of rotatable bonds is 3. The van der Waals surface area contributed by atoms with Gasteiger partial charge in [0.1, 0.15) is 0 Å². The first kappa shape index (κ1) is 12.3. The lowest BCUT2D eigenvalue weighted by molar-refractivity contribution is 1.02. The molecule has 0 spiro atoms.